The van der Waals surface area contributed by atoms with Crippen molar-refractivity contribution >= 4 is 11.8 Å². The summed E-state index contributed by atoms with van der Waals surface area (Å²) in [6.07, 6.45) is -7.29. The third kappa shape index (κ3) is 7.56. The Hall–Kier alpha value is -1.56. The first-order chi connectivity index (χ1) is 26.8. The molecule has 6 aliphatic rings. The largest absolute Gasteiger partial charge is 0.457 e. The number of aliphatic hydroxyl groups is 7. The number of hydrogen-bond acceptors (Lipinski definition) is 14. The number of carbonyl (C=O) groups is 2. The highest BCUT2D eigenvalue weighted by atomic mass is 16.8. The first-order valence-corrected chi connectivity index (χ1v) is 21.6. The van der Waals surface area contributed by atoms with Crippen LogP contribution in [0, 0.1) is 45.3 Å². The predicted octanol–water partition coefficient (Wildman–Crippen LogP) is 2.93. The molecule has 4 aliphatic carbocycles. The molecule has 2 aliphatic heterocycles. The van der Waals surface area contributed by atoms with Gasteiger partial charge in [0.25, 0.3) is 0 Å². The van der Waals surface area contributed by atoms with Crippen LogP contribution in [0.5, 0.6) is 0 Å². The molecule has 19 atom stereocenters. The molecule has 0 aromatic rings. The Balaban J connectivity index is 1.22. The van der Waals surface area contributed by atoms with E-state index in [2.05, 4.69) is 47.6 Å². The van der Waals surface area contributed by atoms with Gasteiger partial charge in [-0.25, -0.2) is 0 Å². The van der Waals surface area contributed by atoms with Crippen LogP contribution < -0.4 is 0 Å². The zero-order chi connectivity index (χ0) is 43.1. The number of esters is 1. The van der Waals surface area contributed by atoms with Crippen molar-refractivity contribution in [1.82, 2.24) is 0 Å². The molecule has 0 unspecified atom stereocenters. The number of allylic oxidation sites excluding steroid dienone is 1. The number of Topliss-reactive ketones (excluding diaryl/α,β-unsaturated/α-hetero) is 1. The quantitative estimate of drug-likeness (QED) is 0.118. The highest BCUT2D eigenvalue weighted by Gasteiger charge is 2.70. The maximum Gasteiger partial charge on any atom is 0.303 e. The molecule has 5 fully saturated rings. The number of carbonyl (C=O) groups excluding carboxylic acids is 2. The monoisotopic (exact) mass is 824 g/mol. The van der Waals surface area contributed by atoms with Crippen molar-refractivity contribution in [1.29, 1.82) is 0 Å². The third-order valence-corrected chi connectivity index (χ3v) is 16.5. The van der Waals surface area contributed by atoms with Crippen LogP contribution in [-0.2, 0) is 33.3 Å². The summed E-state index contributed by atoms with van der Waals surface area (Å²) in [6, 6.07) is 0. The van der Waals surface area contributed by atoms with Gasteiger partial charge in [-0.15, -0.1) is 0 Å². The second-order valence-electron chi connectivity index (χ2n) is 20.6. The first-order valence-electron chi connectivity index (χ1n) is 21.6. The summed E-state index contributed by atoms with van der Waals surface area (Å²) in [7, 11) is 0. The zero-order valence-electron chi connectivity index (χ0n) is 36.2. The van der Waals surface area contributed by atoms with Gasteiger partial charge in [0, 0.05) is 24.2 Å². The molecule has 14 heteroatoms. The van der Waals surface area contributed by atoms with Gasteiger partial charge in [-0.3, -0.25) is 9.59 Å². The average Bonchev–Trinajstić information content (AvgIpc) is 3.41. The van der Waals surface area contributed by atoms with Crippen LogP contribution in [-0.4, -0.2) is 133 Å². The summed E-state index contributed by atoms with van der Waals surface area (Å²) in [5.74, 6) is 0.331. The van der Waals surface area contributed by atoms with E-state index in [0.29, 0.717) is 37.4 Å². The summed E-state index contributed by atoms with van der Waals surface area (Å²) in [5.41, 5.74) is -1.53. The Morgan fingerprint density at radius 3 is 2.19 bits per heavy atom. The van der Waals surface area contributed by atoms with Crippen molar-refractivity contribution in [3.8, 4) is 0 Å². The van der Waals surface area contributed by atoms with E-state index in [1.807, 2.05) is 0 Å². The van der Waals surface area contributed by atoms with Gasteiger partial charge >= 0.3 is 5.97 Å². The van der Waals surface area contributed by atoms with Crippen molar-refractivity contribution in [3.63, 3.8) is 0 Å². The fourth-order valence-corrected chi connectivity index (χ4v) is 12.7. The Kier molecular flexibility index (Phi) is 12.9. The zero-order valence-corrected chi connectivity index (χ0v) is 36.2. The molecular formula is C44H72O14. The summed E-state index contributed by atoms with van der Waals surface area (Å²) in [4.78, 5) is 26.5. The Labute approximate surface area is 343 Å². The third-order valence-electron chi connectivity index (χ3n) is 16.5. The van der Waals surface area contributed by atoms with Crippen LogP contribution in [0.15, 0.2) is 11.6 Å². The molecular weight excluding hydrogens is 752 g/mol. The van der Waals surface area contributed by atoms with Crippen molar-refractivity contribution in [3.05, 3.63) is 11.6 Å². The number of ketones is 1. The van der Waals surface area contributed by atoms with E-state index >= 15 is 0 Å². The lowest BCUT2D eigenvalue weighted by molar-refractivity contribution is -0.372. The maximum absolute atomic E-state index is 14.9. The lowest BCUT2D eigenvalue weighted by Gasteiger charge is -2.65. The van der Waals surface area contributed by atoms with Crippen LogP contribution in [0.1, 0.15) is 121 Å². The highest BCUT2D eigenvalue weighted by molar-refractivity contribution is 5.88. The number of rotatable bonds is 11. The van der Waals surface area contributed by atoms with Gasteiger partial charge in [0.05, 0.1) is 30.5 Å². The standard InChI is InChI=1S/C44H72O14/c1-21(11-15-29(47)41(6,7)53)24-17-18-42(8)28-14-12-25-26(44(28,10)30(48)19-43(24,42)9)13-16-31(40(25,4)5)57-39-37(33(50)32(49)27(20-45)56-39)58-38-35(52)34(51)36(22(2)54-38)55-23(3)46/h12,21-22,24,26-29,31-39,45,47,49-53H,11,13-20H2,1-10H3/t21-,22+,24-,26-,27-,28+,29-,31+,32-,33+,34+,35-,36+,37-,38-,39+,42+,43-,44+/m1/s1. The van der Waals surface area contributed by atoms with Gasteiger partial charge < -0.3 is 59.4 Å². The Morgan fingerprint density at radius 2 is 1.57 bits per heavy atom. The number of hydrogen-bond donors (Lipinski definition) is 7. The van der Waals surface area contributed by atoms with E-state index in [1.165, 1.54) is 6.92 Å². The smallest absolute Gasteiger partial charge is 0.303 e. The topological polar surface area (TPSA) is 222 Å². The lowest BCUT2D eigenvalue weighted by Crippen LogP contribution is -2.65. The normalized spacial score (nSPS) is 47.6. The summed E-state index contributed by atoms with van der Waals surface area (Å²) in [5, 5.41) is 75.1. The molecule has 0 spiro atoms. The van der Waals surface area contributed by atoms with Crippen molar-refractivity contribution < 1.29 is 69.0 Å². The molecule has 14 nitrogen and oxygen atoms in total. The van der Waals surface area contributed by atoms with Gasteiger partial charge in [0.1, 0.15) is 42.4 Å². The van der Waals surface area contributed by atoms with Crippen molar-refractivity contribution in [2.24, 2.45) is 45.3 Å². The van der Waals surface area contributed by atoms with Gasteiger partial charge in [-0.1, -0.05) is 53.2 Å². The fourth-order valence-electron chi connectivity index (χ4n) is 12.7. The van der Waals surface area contributed by atoms with Gasteiger partial charge in [0.2, 0.25) is 0 Å². The second-order valence-corrected chi connectivity index (χ2v) is 20.6. The molecule has 3 saturated carbocycles. The van der Waals surface area contributed by atoms with Crippen LogP contribution in [0.3, 0.4) is 0 Å². The van der Waals surface area contributed by atoms with E-state index in [4.69, 9.17) is 23.7 Å². The molecule has 7 N–H and O–H groups in total. The van der Waals surface area contributed by atoms with E-state index in [-0.39, 0.29) is 28.6 Å². The van der Waals surface area contributed by atoms with Gasteiger partial charge in [-0.2, -0.15) is 0 Å². The molecule has 58 heavy (non-hydrogen) atoms. The van der Waals surface area contributed by atoms with Gasteiger partial charge in [0.15, 0.2) is 18.7 Å². The van der Waals surface area contributed by atoms with Crippen molar-refractivity contribution in [2.75, 3.05) is 6.61 Å². The van der Waals surface area contributed by atoms with E-state index in [0.717, 1.165) is 31.3 Å². The molecule has 2 saturated heterocycles. The van der Waals surface area contributed by atoms with E-state index in [9.17, 15) is 45.3 Å². The van der Waals surface area contributed by atoms with Crippen LogP contribution >= 0.6 is 0 Å². The Bertz CT molecular complexity index is 1540. The highest BCUT2D eigenvalue weighted by Crippen LogP contribution is 2.74. The average molecular weight is 825 g/mol. The van der Waals surface area contributed by atoms with Crippen LogP contribution in [0.4, 0.5) is 0 Å². The number of aliphatic hydroxyl groups excluding tert-OH is 6. The lowest BCUT2D eigenvalue weighted by atomic mass is 9.38. The number of fused-ring (bicyclic) bond motifs is 5. The fraction of sp³-hybridized carbons (Fsp3) is 0.909. The van der Waals surface area contributed by atoms with E-state index in [1.54, 1.807) is 20.8 Å². The summed E-state index contributed by atoms with van der Waals surface area (Å²) in [6.45, 7) is 18.7. The van der Waals surface area contributed by atoms with Crippen molar-refractivity contribution in [2.45, 2.75) is 200 Å². The maximum atomic E-state index is 14.9. The molecule has 0 aromatic heterocycles. The first kappa shape index (κ1) is 46.0. The molecule has 332 valence electrons. The minimum Gasteiger partial charge on any atom is -0.457 e. The van der Waals surface area contributed by atoms with Gasteiger partial charge in [-0.05, 0) is 100 Å². The minimum absolute atomic E-state index is 0.0239. The summed E-state index contributed by atoms with van der Waals surface area (Å²) >= 11 is 0. The predicted molar refractivity (Wildman–Crippen MR) is 209 cm³/mol. The van der Waals surface area contributed by atoms with Crippen LogP contribution in [0.25, 0.3) is 0 Å². The Morgan fingerprint density at radius 1 is 0.914 bits per heavy atom. The van der Waals surface area contributed by atoms with Crippen LogP contribution in [0.2, 0.25) is 0 Å². The number of ether oxygens (including phenoxy) is 5. The molecule has 2 heterocycles. The summed E-state index contributed by atoms with van der Waals surface area (Å²) < 4.78 is 29.8. The second kappa shape index (κ2) is 16.3. The minimum atomic E-state index is -1.70. The SMILES string of the molecule is CC(=O)O[C@@H]1[C@@H](O)[C@@H](O)[C@@H](O[C@H]2[C@H](O[C@H]3CC[C@@H]4C(=CC[C@@H]5[C@@]4(C)C(=O)C[C@]4(C)[C@@H]([C@H](C)CC[C@@H](O)C(C)(C)O)CC[C@@]54C)C3(C)C)O[C@H](CO)[C@@H](O)[C@@H]2O)O[C@H]1C. The molecule has 0 amide bonds. The molecule has 0 bridgehead atoms. The van der Waals surface area contributed by atoms with E-state index < -0.39 is 103 Å². The molecule has 6 rings (SSSR count). The molecule has 0 aromatic carbocycles. The molecule has 0 radical (unpaired) electrons.